The van der Waals surface area contributed by atoms with E-state index in [1.807, 2.05) is 47.9 Å². The van der Waals surface area contributed by atoms with Crippen molar-refractivity contribution in [3.8, 4) is 11.3 Å². The molecule has 1 aliphatic heterocycles. The molecule has 0 spiro atoms. The first-order valence-electron chi connectivity index (χ1n) is 10.1. The van der Waals surface area contributed by atoms with Crippen LogP contribution in [-0.2, 0) is 4.74 Å². The van der Waals surface area contributed by atoms with E-state index in [1.165, 1.54) is 0 Å². The topological polar surface area (TPSA) is 71.4 Å². The molecule has 4 aromatic rings. The number of nitrogens with one attached hydrogen (secondary N) is 2. The number of nitrogens with zero attached hydrogens (tertiary/aromatic N) is 2. The minimum absolute atomic E-state index is 0.137. The first-order valence-corrected chi connectivity index (χ1v) is 10.1. The van der Waals surface area contributed by atoms with E-state index >= 15 is 0 Å². The Bertz CT molecular complexity index is 1270. The van der Waals surface area contributed by atoms with Gasteiger partial charge in [0.1, 0.15) is 17.2 Å². The number of fused-ring (bicyclic) bond motifs is 2. The van der Waals surface area contributed by atoms with Crippen molar-refractivity contribution in [2.24, 2.45) is 0 Å². The predicted octanol–water partition coefficient (Wildman–Crippen LogP) is 4.05. The van der Waals surface area contributed by atoms with Gasteiger partial charge in [-0.1, -0.05) is 17.7 Å². The van der Waals surface area contributed by atoms with E-state index in [9.17, 15) is 4.79 Å². The van der Waals surface area contributed by atoms with Crippen molar-refractivity contribution < 1.29 is 4.74 Å². The van der Waals surface area contributed by atoms with Gasteiger partial charge in [0.05, 0.1) is 11.7 Å². The summed E-state index contributed by atoms with van der Waals surface area (Å²) in [4.78, 5) is 20.7. The van der Waals surface area contributed by atoms with Crippen LogP contribution >= 0.6 is 0 Å². The zero-order valence-corrected chi connectivity index (χ0v) is 16.7. The number of ether oxygens (including phenoxy) is 1. The molecule has 4 heterocycles. The second-order valence-corrected chi connectivity index (χ2v) is 7.86. The Morgan fingerprint density at radius 2 is 2.07 bits per heavy atom. The van der Waals surface area contributed by atoms with Crippen LogP contribution < -0.4 is 10.9 Å². The Hall–Kier alpha value is -3.12. The fourth-order valence-corrected chi connectivity index (χ4v) is 4.03. The number of anilines is 1. The third-order valence-electron chi connectivity index (χ3n) is 5.54. The zero-order chi connectivity index (χ0) is 20.0. The molecule has 1 atom stereocenters. The van der Waals surface area contributed by atoms with Gasteiger partial charge in [0, 0.05) is 24.9 Å². The predicted molar refractivity (Wildman–Crippen MR) is 116 cm³/mol. The van der Waals surface area contributed by atoms with Crippen LogP contribution in [0.15, 0.2) is 47.4 Å². The molecule has 148 valence electrons. The summed E-state index contributed by atoms with van der Waals surface area (Å²) in [5.41, 5.74) is 5.02. The van der Waals surface area contributed by atoms with Crippen LogP contribution in [0.2, 0.25) is 0 Å². The molecule has 0 aliphatic carbocycles. The summed E-state index contributed by atoms with van der Waals surface area (Å²) in [6, 6.07) is 12.0. The number of imidazole rings is 1. The number of benzene rings is 1. The molecule has 1 fully saturated rings. The highest BCUT2D eigenvalue weighted by Gasteiger charge is 2.20. The number of aromatic nitrogens is 3. The zero-order valence-electron chi connectivity index (χ0n) is 16.7. The summed E-state index contributed by atoms with van der Waals surface area (Å²) in [7, 11) is 0. The number of hydrogen-bond acceptors (Lipinski definition) is 4. The van der Waals surface area contributed by atoms with Crippen molar-refractivity contribution in [2.75, 3.05) is 18.5 Å². The lowest BCUT2D eigenvalue weighted by atomic mass is 10.1. The molecule has 2 N–H and O–H groups in total. The molecule has 5 rings (SSSR count). The quantitative estimate of drug-likeness (QED) is 0.553. The minimum Gasteiger partial charge on any atom is -0.376 e. The van der Waals surface area contributed by atoms with E-state index in [0.29, 0.717) is 17.8 Å². The van der Waals surface area contributed by atoms with Crippen molar-refractivity contribution in [2.45, 2.75) is 32.8 Å². The number of hydrogen-bond donors (Lipinski definition) is 2. The van der Waals surface area contributed by atoms with Crippen molar-refractivity contribution in [1.82, 2.24) is 14.4 Å². The summed E-state index contributed by atoms with van der Waals surface area (Å²) in [5, 5.41) is 4.51. The molecular formula is C23H24N4O2. The summed E-state index contributed by atoms with van der Waals surface area (Å²) in [5.74, 6) is 0.830. The number of H-pyrrole nitrogens is 1. The van der Waals surface area contributed by atoms with Crippen molar-refractivity contribution in [3.63, 3.8) is 0 Å². The van der Waals surface area contributed by atoms with Crippen LogP contribution in [0, 0.1) is 13.8 Å². The van der Waals surface area contributed by atoms with Gasteiger partial charge in [-0.15, -0.1) is 0 Å². The lowest BCUT2D eigenvalue weighted by Gasteiger charge is -2.13. The van der Waals surface area contributed by atoms with Crippen LogP contribution in [0.3, 0.4) is 0 Å². The van der Waals surface area contributed by atoms with Gasteiger partial charge in [0.15, 0.2) is 0 Å². The number of aromatic amines is 1. The van der Waals surface area contributed by atoms with E-state index in [2.05, 4.69) is 23.3 Å². The Balaban J connectivity index is 1.67. The molecule has 0 unspecified atom stereocenters. The third kappa shape index (κ3) is 3.29. The first kappa shape index (κ1) is 17.9. The Labute approximate surface area is 168 Å². The molecule has 0 saturated carbocycles. The number of rotatable bonds is 4. The first-order chi connectivity index (χ1) is 14.1. The van der Waals surface area contributed by atoms with Gasteiger partial charge in [0.25, 0.3) is 5.56 Å². The smallest absolute Gasteiger partial charge is 0.258 e. The summed E-state index contributed by atoms with van der Waals surface area (Å²) >= 11 is 0. The van der Waals surface area contributed by atoms with E-state index in [-0.39, 0.29) is 11.7 Å². The molecule has 1 saturated heterocycles. The number of aryl methyl sites for hydroxylation is 2. The van der Waals surface area contributed by atoms with Gasteiger partial charge in [0.2, 0.25) is 0 Å². The maximum Gasteiger partial charge on any atom is 0.258 e. The SMILES string of the molecule is Cc1ccc2[nH]c(=O)c(-c3nc4ccc(C)cn4c3NC[C@H]3CCCO3)cc2c1. The molecule has 0 amide bonds. The Kier molecular flexibility index (Phi) is 4.36. The lowest BCUT2D eigenvalue weighted by molar-refractivity contribution is 0.120. The maximum atomic E-state index is 12.9. The highest BCUT2D eigenvalue weighted by Crippen LogP contribution is 2.29. The van der Waals surface area contributed by atoms with Gasteiger partial charge in [-0.2, -0.15) is 0 Å². The van der Waals surface area contributed by atoms with Crippen molar-refractivity contribution >= 4 is 22.4 Å². The van der Waals surface area contributed by atoms with E-state index < -0.39 is 0 Å². The standard InChI is InChI=1S/C23H24N4O2/c1-14-5-7-19-16(10-14)11-18(23(28)25-19)21-22(24-12-17-4-3-9-29-17)27-13-15(2)6-8-20(27)26-21/h5-8,10-11,13,17,24H,3-4,9,12H2,1-2H3,(H,25,28)/t17-/m1/s1. The summed E-state index contributed by atoms with van der Waals surface area (Å²) in [6.07, 6.45) is 4.38. The fraction of sp³-hybridized carbons (Fsp3) is 0.304. The molecule has 29 heavy (non-hydrogen) atoms. The molecule has 1 aromatic carbocycles. The second-order valence-electron chi connectivity index (χ2n) is 7.86. The van der Waals surface area contributed by atoms with Crippen LogP contribution in [0.1, 0.15) is 24.0 Å². The molecule has 1 aliphatic rings. The highest BCUT2D eigenvalue weighted by atomic mass is 16.5. The lowest BCUT2D eigenvalue weighted by Crippen LogP contribution is -2.20. The monoisotopic (exact) mass is 388 g/mol. The Morgan fingerprint density at radius 1 is 1.21 bits per heavy atom. The van der Waals surface area contributed by atoms with E-state index in [1.54, 1.807) is 0 Å². The summed E-state index contributed by atoms with van der Waals surface area (Å²) < 4.78 is 7.79. The summed E-state index contributed by atoms with van der Waals surface area (Å²) in [6.45, 7) is 5.61. The van der Waals surface area contributed by atoms with Gasteiger partial charge < -0.3 is 15.0 Å². The average molecular weight is 388 g/mol. The van der Waals surface area contributed by atoms with Crippen molar-refractivity contribution in [1.29, 1.82) is 0 Å². The normalized spacial score (nSPS) is 16.7. The maximum absolute atomic E-state index is 12.9. The second kappa shape index (κ2) is 7.04. The van der Waals surface area contributed by atoms with Crippen LogP contribution in [0.25, 0.3) is 27.8 Å². The van der Waals surface area contributed by atoms with Gasteiger partial charge in [-0.3, -0.25) is 9.20 Å². The molecular weight excluding hydrogens is 364 g/mol. The van der Waals surface area contributed by atoms with Gasteiger partial charge >= 0.3 is 0 Å². The van der Waals surface area contributed by atoms with Gasteiger partial charge in [-0.25, -0.2) is 4.98 Å². The Morgan fingerprint density at radius 3 is 2.90 bits per heavy atom. The molecule has 0 bridgehead atoms. The number of pyridine rings is 2. The fourth-order valence-electron chi connectivity index (χ4n) is 4.03. The average Bonchev–Trinajstić information content (AvgIpc) is 3.33. The molecule has 0 radical (unpaired) electrons. The van der Waals surface area contributed by atoms with Crippen LogP contribution in [0.5, 0.6) is 0 Å². The molecule has 6 heteroatoms. The largest absolute Gasteiger partial charge is 0.376 e. The van der Waals surface area contributed by atoms with Gasteiger partial charge in [-0.05, 0) is 61.9 Å². The van der Waals surface area contributed by atoms with Crippen molar-refractivity contribution in [3.05, 3.63) is 64.1 Å². The highest BCUT2D eigenvalue weighted by molar-refractivity contribution is 5.86. The molecule has 3 aromatic heterocycles. The van der Waals surface area contributed by atoms with Crippen LogP contribution in [0.4, 0.5) is 5.82 Å². The minimum atomic E-state index is -0.137. The van der Waals surface area contributed by atoms with E-state index in [4.69, 9.17) is 9.72 Å². The molecule has 6 nitrogen and oxygen atoms in total. The third-order valence-corrected chi connectivity index (χ3v) is 5.54. The van der Waals surface area contributed by atoms with E-state index in [0.717, 1.165) is 52.9 Å². The van der Waals surface area contributed by atoms with Crippen LogP contribution in [-0.4, -0.2) is 33.6 Å².